The second-order valence-corrected chi connectivity index (χ2v) is 4.86. The van der Waals surface area contributed by atoms with Crippen LogP contribution in [0.2, 0.25) is 5.02 Å². The highest BCUT2D eigenvalue weighted by atomic mass is 35.5. The van der Waals surface area contributed by atoms with Crippen molar-refractivity contribution in [2.45, 2.75) is 13.3 Å². The lowest BCUT2D eigenvalue weighted by Crippen LogP contribution is -2.09. The van der Waals surface area contributed by atoms with Crippen LogP contribution in [-0.4, -0.2) is 13.0 Å². The molecule has 0 unspecified atom stereocenters. The second kappa shape index (κ2) is 6.99. The van der Waals surface area contributed by atoms with Gasteiger partial charge >= 0.3 is 0 Å². The molecule has 0 atom stereocenters. The molecule has 0 heterocycles. The molecule has 2 rings (SSSR count). The number of amides is 1. The Morgan fingerprint density at radius 3 is 2.29 bits per heavy atom. The average Bonchev–Trinajstić information content (AvgIpc) is 2.49. The Labute approximate surface area is 129 Å². The maximum atomic E-state index is 11.3. The van der Waals surface area contributed by atoms with Crippen molar-refractivity contribution in [1.29, 1.82) is 0 Å². The van der Waals surface area contributed by atoms with Gasteiger partial charge in [-0.1, -0.05) is 18.5 Å². The molecule has 0 aliphatic heterocycles. The van der Waals surface area contributed by atoms with Gasteiger partial charge < -0.3 is 15.4 Å². The second-order valence-electron chi connectivity index (χ2n) is 4.45. The maximum absolute atomic E-state index is 11.3. The number of hydrogen-bond acceptors (Lipinski definition) is 3. The molecule has 0 fully saturated rings. The van der Waals surface area contributed by atoms with Crippen molar-refractivity contribution in [3.8, 4) is 5.75 Å². The van der Waals surface area contributed by atoms with E-state index in [0.717, 1.165) is 17.1 Å². The van der Waals surface area contributed by atoms with Gasteiger partial charge in [0, 0.05) is 23.5 Å². The monoisotopic (exact) mass is 304 g/mol. The van der Waals surface area contributed by atoms with Gasteiger partial charge in [-0.3, -0.25) is 4.79 Å². The highest BCUT2D eigenvalue weighted by Gasteiger charge is 2.03. The van der Waals surface area contributed by atoms with Gasteiger partial charge in [-0.25, -0.2) is 0 Å². The summed E-state index contributed by atoms with van der Waals surface area (Å²) in [5.74, 6) is 0.637. The first-order valence-corrected chi connectivity index (χ1v) is 7.00. The minimum Gasteiger partial charge on any atom is -0.495 e. The number of ether oxygens (including phenoxy) is 1. The molecule has 0 aromatic heterocycles. The van der Waals surface area contributed by atoms with Crippen molar-refractivity contribution < 1.29 is 9.53 Å². The Morgan fingerprint density at radius 1 is 1.10 bits per heavy atom. The number of nitrogens with one attached hydrogen (secondary N) is 2. The number of halogens is 1. The van der Waals surface area contributed by atoms with Crippen LogP contribution in [0.3, 0.4) is 0 Å². The topological polar surface area (TPSA) is 50.4 Å². The number of benzene rings is 2. The Balaban J connectivity index is 2.06. The fraction of sp³-hybridized carbons (Fsp3) is 0.188. The minimum absolute atomic E-state index is 0.00218. The van der Waals surface area contributed by atoms with Gasteiger partial charge in [0.25, 0.3) is 0 Å². The van der Waals surface area contributed by atoms with Crippen molar-refractivity contribution in [2.24, 2.45) is 0 Å². The molecular formula is C16H17ClN2O2. The first kappa shape index (κ1) is 15.2. The molecule has 21 heavy (non-hydrogen) atoms. The van der Waals surface area contributed by atoms with E-state index in [0.29, 0.717) is 17.2 Å². The van der Waals surface area contributed by atoms with Gasteiger partial charge in [0.05, 0.1) is 12.1 Å². The summed E-state index contributed by atoms with van der Waals surface area (Å²) in [7, 11) is 1.58. The summed E-state index contributed by atoms with van der Waals surface area (Å²) in [6.45, 7) is 1.82. The lowest BCUT2D eigenvalue weighted by Gasteiger charge is -2.10. The van der Waals surface area contributed by atoms with E-state index in [-0.39, 0.29) is 5.91 Å². The van der Waals surface area contributed by atoms with E-state index >= 15 is 0 Å². The van der Waals surface area contributed by atoms with Gasteiger partial charge in [0.15, 0.2) is 0 Å². The number of carbonyl (C=O) groups excluding carboxylic acids is 1. The number of methoxy groups -OCH3 is 1. The first-order valence-electron chi connectivity index (χ1n) is 6.63. The van der Waals surface area contributed by atoms with Crippen molar-refractivity contribution >= 4 is 34.6 Å². The van der Waals surface area contributed by atoms with E-state index in [4.69, 9.17) is 16.3 Å². The molecule has 2 aromatic rings. The predicted molar refractivity (Wildman–Crippen MR) is 86.6 cm³/mol. The zero-order valence-electron chi connectivity index (χ0n) is 11.9. The summed E-state index contributed by atoms with van der Waals surface area (Å²) in [4.78, 5) is 11.3. The summed E-state index contributed by atoms with van der Waals surface area (Å²) in [6.07, 6.45) is 0.463. The smallest absolute Gasteiger partial charge is 0.224 e. The maximum Gasteiger partial charge on any atom is 0.224 e. The Kier molecular flexibility index (Phi) is 5.06. The van der Waals surface area contributed by atoms with E-state index < -0.39 is 0 Å². The molecule has 0 saturated carbocycles. The molecule has 0 spiro atoms. The Morgan fingerprint density at radius 2 is 1.71 bits per heavy atom. The fourth-order valence-corrected chi connectivity index (χ4v) is 2.05. The Hall–Kier alpha value is -2.20. The molecule has 1 amide bonds. The molecule has 4 nitrogen and oxygen atoms in total. The van der Waals surface area contributed by atoms with Gasteiger partial charge in [-0.2, -0.15) is 0 Å². The lowest BCUT2D eigenvalue weighted by molar-refractivity contribution is -0.115. The molecule has 0 radical (unpaired) electrons. The number of hydrogen-bond donors (Lipinski definition) is 2. The van der Waals surface area contributed by atoms with Crippen LogP contribution in [0.5, 0.6) is 5.75 Å². The number of carbonyl (C=O) groups is 1. The van der Waals surface area contributed by atoms with E-state index in [1.165, 1.54) is 0 Å². The normalized spacial score (nSPS) is 10.0. The molecule has 0 aliphatic carbocycles. The van der Waals surface area contributed by atoms with Crippen LogP contribution in [0.25, 0.3) is 0 Å². The molecule has 0 saturated heterocycles. The molecule has 2 aromatic carbocycles. The standard InChI is InChI=1S/C16H17ClN2O2/c1-3-16(20)19-12-6-4-11(5-7-12)18-13-8-9-15(21-2)14(17)10-13/h4-10,18H,3H2,1-2H3,(H,19,20). The lowest BCUT2D eigenvalue weighted by atomic mass is 10.2. The highest BCUT2D eigenvalue weighted by Crippen LogP contribution is 2.29. The van der Waals surface area contributed by atoms with E-state index in [2.05, 4.69) is 10.6 Å². The van der Waals surface area contributed by atoms with E-state index in [1.54, 1.807) is 19.2 Å². The van der Waals surface area contributed by atoms with Crippen LogP contribution in [0.15, 0.2) is 42.5 Å². The number of anilines is 3. The zero-order valence-corrected chi connectivity index (χ0v) is 12.7. The van der Waals surface area contributed by atoms with Crippen LogP contribution in [0.1, 0.15) is 13.3 Å². The van der Waals surface area contributed by atoms with Crippen LogP contribution in [0, 0.1) is 0 Å². The highest BCUT2D eigenvalue weighted by molar-refractivity contribution is 6.32. The first-order chi connectivity index (χ1) is 10.1. The third-order valence-corrected chi connectivity index (χ3v) is 3.23. The van der Waals surface area contributed by atoms with Crippen LogP contribution in [0.4, 0.5) is 17.1 Å². The van der Waals surface area contributed by atoms with Crippen molar-refractivity contribution in [1.82, 2.24) is 0 Å². The SMILES string of the molecule is CCC(=O)Nc1ccc(Nc2ccc(OC)c(Cl)c2)cc1. The zero-order chi connectivity index (χ0) is 15.2. The average molecular weight is 305 g/mol. The fourth-order valence-electron chi connectivity index (χ4n) is 1.80. The van der Waals surface area contributed by atoms with Crippen molar-refractivity contribution in [3.05, 3.63) is 47.5 Å². The van der Waals surface area contributed by atoms with Crippen LogP contribution >= 0.6 is 11.6 Å². The largest absolute Gasteiger partial charge is 0.495 e. The molecular weight excluding hydrogens is 288 g/mol. The summed E-state index contributed by atoms with van der Waals surface area (Å²) in [5.41, 5.74) is 2.55. The van der Waals surface area contributed by atoms with E-state index in [1.807, 2.05) is 37.3 Å². The minimum atomic E-state index is -0.00218. The number of rotatable bonds is 5. The summed E-state index contributed by atoms with van der Waals surface area (Å²) in [6, 6.07) is 13.0. The predicted octanol–water partition coefficient (Wildman–Crippen LogP) is 4.44. The van der Waals surface area contributed by atoms with Gasteiger partial charge in [-0.15, -0.1) is 0 Å². The molecule has 2 N–H and O–H groups in total. The van der Waals surface area contributed by atoms with Crippen molar-refractivity contribution in [3.63, 3.8) is 0 Å². The van der Waals surface area contributed by atoms with Gasteiger partial charge in [0.1, 0.15) is 5.75 Å². The molecule has 0 aliphatic rings. The van der Waals surface area contributed by atoms with Crippen LogP contribution in [-0.2, 0) is 4.79 Å². The molecule has 110 valence electrons. The quantitative estimate of drug-likeness (QED) is 0.858. The summed E-state index contributed by atoms with van der Waals surface area (Å²) in [5, 5.41) is 6.59. The van der Waals surface area contributed by atoms with E-state index in [9.17, 15) is 4.79 Å². The summed E-state index contributed by atoms with van der Waals surface area (Å²) >= 11 is 6.08. The van der Waals surface area contributed by atoms with Gasteiger partial charge in [0.2, 0.25) is 5.91 Å². The Bertz CT molecular complexity index is 627. The molecule has 0 bridgehead atoms. The molecule has 5 heteroatoms. The third-order valence-electron chi connectivity index (χ3n) is 2.93. The third kappa shape index (κ3) is 4.13. The van der Waals surface area contributed by atoms with Crippen LogP contribution < -0.4 is 15.4 Å². The summed E-state index contributed by atoms with van der Waals surface area (Å²) < 4.78 is 5.11. The van der Waals surface area contributed by atoms with Crippen molar-refractivity contribution in [2.75, 3.05) is 17.7 Å². The van der Waals surface area contributed by atoms with Gasteiger partial charge in [-0.05, 0) is 42.5 Å².